The highest BCUT2D eigenvalue weighted by molar-refractivity contribution is 7.22. The number of thiazole rings is 1. The molecular formula is C19H20N4O2S. The Labute approximate surface area is 155 Å². The van der Waals surface area contributed by atoms with Crippen molar-refractivity contribution in [3.8, 4) is 0 Å². The van der Waals surface area contributed by atoms with E-state index < -0.39 is 12.1 Å². The van der Waals surface area contributed by atoms with Crippen LogP contribution in [-0.2, 0) is 4.79 Å². The molecule has 0 radical (unpaired) electrons. The topological polar surface area (TPSA) is 83.1 Å². The second-order valence-corrected chi connectivity index (χ2v) is 7.19. The van der Waals surface area contributed by atoms with Crippen LogP contribution in [0.1, 0.15) is 13.8 Å². The Balaban J connectivity index is 1.66. The molecule has 1 atom stereocenters. The number of anilines is 2. The molecule has 0 unspecified atom stereocenters. The third kappa shape index (κ3) is 4.37. The number of para-hydroxylation sites is 2. The smallest absolute Gasteiger partial charge is 0.319 e. The summed E-state index contributed by atoms with van der Waals surface area (Å²) in [4.78, 5) is 29.2. The molecule has 0 saturated heterocycles. The van der Waals surface area contributed by atoms with Gasteiger partial charge in [-0.3, -0.25) is 4.79 Å². The lowest BCUT2D eigenvalue weighted by molar-refractivity contribution is -0.118. The van der Waals surface area contributed by atoms with Crippen LogP contribution in [0.15, 0.2) is 54.6 Å². The molecule has 0 fully saturated rings. The van der Waals surface area contributed by atoms with Crippen LogP contribution < -0.4 is 16.0 Å². The van der Waals surface area contributed by atoms with Gasteiger partial charge in [0.05, 0.1) is 10.2 Å². The highest BCUT2D eigenvalue weighted by atomic mass is 32.1. The van der Waals surface area contributed by atoms with E-state index in [1.54, 1.807) is 12.1 Å². The quantitative estimate of drug-likeness (QED) is 0.634. The number of urea groups is 1. The van der Waals surface area contributed by atoms with Gasteiger partial charge in [-0.05, 0) is 30.2 Å². The number of carbonyl (C=O) groups excluding carboxylic acids is 2. The number of carbonyl (C=O) groups is 2. The minimum atomic E-state index is -0.675. The second-order valence-electron chi connectivity index (χ2n) is 6.16. The Morgan fingerprint density at radius 2 is 1.65 bits per heavy atom. The van der Waals surface area contributed by atoms with Crippen LogP contribution >= 0.6 is 11.3 Å². The lowest BCUT2D eigenvalue weighted by atomic mass is 10.0. The zero-order chi connectivity index (χ0) is 18.5. The molecule has 26 heavy (non-hydrogen) atoms. The van der Waals surface area contributed by atoms with Gasteiger partial charge >= 0.3 is 6.03 Å². The number of aromatic nitrogens is 1. The molecule has 3 rings (SSSR count). The highest BCUT2D eigenvalue weighted by Crippen LogP contribution is 2.25. The van der Waals surface area contributed by atoms with Gasteiger partial charge in [0.2, 0.25) is 5.91 Å². The SMILES string of the molecule is CC(C)[C@H](NC(=O)Nc1ccccc1)C(=O)Nc1nc2ccccc2s1. The van der Waals surface area contributed by atoms with Gasteiger partial charge in [-0.25, -0.2) is 9.78 Å². The van der Waals surface area contributed by atoms with Crippen molar-refractivity contribution in [3.63, 3.8) is 0 Å². The normalized spacial score (nSPS) is 12.0. The minimum Gasteiger partial charge on any atom is -0.326 e. The van der Waals surface area contributed by atoms with E-state index in [0.29, 0.717) is 10.8 Å². The fraction of sp³-hybridized carbons (Fsp3) is 0.211. The van der Waals surface area contributed by atoms with Crippen molar-refractivity contribution in [1.82, 2.24) is 10.3 Å². The van der Waals surface area contributed by atoms with E-state index in [1.165, 1.54) is 11.3 Å². The Morgan fingerprint density at radius 1 is 0.962 bits per heavy atom. The van der Waals surface area contributed by atoms with Gasteiger partial charge in [0.1, 0.15) is 6.04 Å². The van der Waals surface area contributed by atoms with Gasteiger partial charge < -0.3 is 16.0 Å². The summed E-state index contributed by atoms with van der Waals surface area (Å²) in [6.45, 7) is 3.76. The van der Waals surface area contributed by atoms with E-state index in [0.717, 1.165) is 10.2 Å². The second kappa shape index (κ2) is 7.97. The summed E-state index contributed by atoms with van der Waals surface area (Å²) in [5.74, 6) is -0.367. The van der Waals surface area contributed by atoms with Crippen LogP contribution in [0.5, 0.6) is 0 Å². The van der Waals surface area contributed by atoms with E-state index in [4.69, 9.17) is 0 Å². The first-order chi connectivity index (χ1) is 12.5. The number of fused-ring (bicyclic) bond motifs is 1. The molecule has 6 nitrogen and oxygen atoms in total. The average Bonchev–Trinajstić information content (AvgIpc) is 3.02. The minimum absolute atomic E-state index is 0.0779. The highest BCUT2D eigenvalue weighted by Gasteiger charge is 2.25. The molecule has 0 aliphatic rings. The third-order valence-electron chi connectivity index (χ3n) is 3.79. The average molecular weight is 368 g/mol. The van der Waals surface area contributed by atoms with Crippen molar-refractivity contribution in [2.24, 2.45) is 5.92 Å². The predicted octanol–water partition coefficient (Wildman–Crippen LogP) is 4.08. The van der Waals surface area contributed by atoms with E-state index in [9.17, 15) is 9.59 Å². The molecule has 3 aromatic rings. The summed E-state index contributed by atoms with van der Waals surface area (Å²) in [7, 11) is 0. The molecule has 0 saturated carbocycles. The molecule has 0 aliphatic heterocycles. The number of rotatable bonds is 5. The first-order valence-corrected chi connectivity index (χ1v) is 9.13. The largest absolute Gasteiger partial charge is 0.326 e. The van der Waals surface area contributed by atoms with E-state index in [1.807, 2.05) is 56.3 Å². The van der Waals surface area contributed by atoms with Gasteiger partial charge in [0.25, 0.3) is 0 Å². The molecule has 1 aromatic heterocycles. The lowest BCUT2D eigenvalue weighted by Gasteiger charge is -2.21. The van der Waals surface area contributed by atoms with Crippen LogP contribution in [0, 0.1) is 5.92 Å². The van der Waals surface area contributed by atoms with Crippen LogP contribution in [0.3, 0.4) is 0 Å². The molecule has 7 heteroatoms. The van der Waals surface area contributed by atoms with Crippen molar-refractivity contribution in [2.75, 3.05) is 10.6 Å². The lowest BCUT2D eigenvalue weighted by Crippen LogP contribution is -2.48. The maximum absolute atomic E-state index is 12.6. The van der Waals surface area contributed by atoms with Gasteiger partial charge in [-0.15, -0.1) is 0 Å². The summed E-state index contributed by atoms with van der Waals surface area (Å²) in [6, 6.07) is 15.7. The number of nitrogens with one attached hydrogen (secondary N) is 3. The number of hydrogen-bond acceptors (Lipinski definition) is 4. The fourth-order valence-corrected chi connectivity index (χ4v) is 3.34. The fourth-order valence-electron chi connectivity index (χ4n) is 2.47. The van der Waals surface area contributed by atoms with Gasteiger partial charge in [0.15, 0.2) is 5.13 Å². The first kappa shape index (κ1) is 17.9. The molecule has 0 spiro atoms. The summed E-state index contributed by atoms with van der Waals surface area (Å²) in [6.07, 6.45) is 0. The van der Waals surface area contributed by atoms with Gasteiger partial charge in [0, 0.05) is 5.69 Å². The van der Waals surface area contributed by atoms with Crippen LogP contribution in [0.25, 0.3) is 10.2 Å². The summed E-state index contributed by atoms with van der Waals surface area (Å²) < 4.78 is 0.999. The maximum atomic E-state index is 12.6. The number of amides is 3. The molecule has 134 valence electrons. The molecule has 3 N–H and O–H groups in total. The third-order valence-corrected chi connectivity index (χ3v) is 4.74. The number of nitrogens with zero attached hydrogens (tertiary/aromatic N) is 1. The van der Waals surface area contributed by atoms with Crippen LogP contribution in [0.2, 0.25) is 0 Å². The maximum Gasteiger partial charge on any atom is 0.319 e. The van der Waals surface area contributed by atoms with Crippen molar-refractivity contribution < 1.29 is 9.59 Å². The Morgan fingerprint density at radius 3 is 2.35 bits per heavy atom. The van der Waals surface area contributed by atoms with Crippen LogP contribution in [-0.4, -0.2) is 23.0 Å². The first-order valence-electron chi connectivity index (χ1n) is 8.32. The molecule has 0 aliphatic carbocycles. The Hall–Kier alpha value is -2.93. The molecule has 1 heterocycles. The molecule has 2 aromatic carbocycles. The molecular weight excluding hydrogens is 348 g/mol. The molecule has 0 bridgehead atoms. The van der Waals surface area contributed by atoms with Crippen molar-refractivity contribution >= 4 is 44.3 Å². The monoisotopic (exact) mass is 368 g/mol. The molecule has 3 amide bonds. The van der Waals surface area contributed by atoms with E-state index in [2.05, 4.69) is 20.9 Å². The van der Waals surface area contributed by atoms with E-state index >= 15 is 0 Å². The number of benzene rings is 2. The summed E-state index contributed by atoms with van der Waals surface area (Å²) in [5, 5.41) is 8.79. The van der Waals surface area contributed by atoms with Gasteiger partial charge in [-0.1, -0.05) is 55.5 Å². The van der Waals surface area contributed by atoms with Crippen molar-refractivity contribution in [2.45, 2.75) is 19.9 Å². The zero-order valence-electron chi connectivity index (χ0n) is 14.5. The number of hydrogen-bond donors (Lipinski definition) is 3. The van der Waals surface area contributed by atoms with Gasteiger partial charge in [-0.2, -0.15) is 0 Å². The summed E-state index contributed by atoms with van der Waals surface area (Å²) >= 11 is 1.40. The van der Waals surface area contributed by atoms with Crippen molar-refractivity contribution in [3.05, 3.63) is 54.6 Å². The predicted molar refractivity (Wildman–Crippen MR) is 105 cm³/mol. The van der Waals surface area contributed by atoms with Crippen molar-refractivity contribution in [1.29, 1.82) is 0 Å². The zero-order valence-corrected chi connectivity index (χ0v) is 15.3. The Kier molecular flexibility index (Phi) is 5.48. The standard InChI is InChI=1S/C19H20N4O2S/c1-12(2)16(22-18(25)20-13-8-4-3-5-9-13)17(24)23-19-21-14-10-6-7-11-15(14)26-19/h3-12,16H,1-2H3,(H2,20,22,25)(H,21,23,24)/t16-/m0/s1. The summed E-state index contributed by atoms with van der Waals surface area (Å²) in [5.41, 5.74) is 1.50. The van der Waals surface area contributed by atoms with Crippen LogP contribution in [0.4, 0.5) is 15.6 Å². The Bertz CT molecular complexity index is 875. The van der Waals surface area contributed by atoms with E-state index in [-0.39, 0.29) is 11.8 Å².